The van der Waals surface area contributed by atoms with E-state index in [2.05, 4.69) is 33.7 Å². The van der Waals surface area contributed by atoms with Crippen LogP contribution in [0, 0.1) is 19.7 Å². The van der Waals surface area contributed by atoms with E-state index in [4.69, 9.17) is 0 Å². The quantitative estimate of drug-likeness (QED) is 0.328. The van der Waals surface area contributed by atoms with Crippen LogP contribution >= 0.6 is 11.8 Å². The molecule has 1 aromatic heterocycles. The second kappa shape index (κ2) is 10.1. The molecule has 0 aliphatic rings. The minimum Gasteiger partial charge on any atom is -0.356 e. The third kappa shape index (κ3) is 6.42. The molecule has 2 aromatic rings. The van der Waals surface area contributed by atoms with E-state index in [0.29, 0.717) is 4.90 Å². The fraction of sp³-hybridized carbons (Fsp3) is 0.444. The van der Waals surface area contributed by atoms with Crippen molar-refractivity contribution in [1.29, 1.82) is 0 Å². The highest BCUT2D eigenvalue weighted by atomic mass is 32.2. The van der Waals surface area contributed by atoms with Crippen molar-refractivity contribution in [3.8, 4) is 0 Å². The molecule has 0 radical (unpaired) electrons. The normalized spacial score (nSPS) is 11.6. The van der Waals surface area contributed by atoms with E-state index >= 15 is 0 Å². The molecular weight excluding hydrogens is 337 g/mol. The number of thioether (sulfide) groups is 1. The minimum absolute atomic E-state index is 0.167. The molecule has 0 bridgehead atoms. The van der Waals surface area contributed by atoms with Gasteiger partial charge < -0.3 is 10.6 Å². The van der Waals surface area contributed by atoms with E-state index < -0.39 is 0 Å². The van der Waals surface area contributed by atoms with Crippen LogP contribution in [0.2, 0.25) is 0 Å². The van der Waals surface area contributed by atoms with Gasteiger partial charge in [-0.15, -0.1) is 11.8 Å². The van der Waals surface area contributed by atoms with Gasteiger partial charge in [-0.1, -0.05) is 12.1 Å². The summed E-state index contributed by atoms with van der Waals surface area (Å²) in [5, 5.41) is 11.0. The molecule has 0 spiro atoms. The number of nitrogens with zero attached hydrogens (tertiary/aromatic N) is 3. The first-order chi connectivity index (χ1) is 12.1. The largest absolute Gasteiger partial charge is 0.356 e. The zero-order valence-electron chi connectivity index (χ0n) is 15.1. The lowest BCUT2D eigenvalue weighted by Crippen LogP contribution is -2.39. The fourth-order valence-electron chi connectivity index (χ4n) is 2.45. The van der Waals surface area contributed by atoms with E-state index in [1.165, 1.54) is 23.5 Å². The van der Waals surface area contributed by atoms with E-state index in [-0.39, 0.29) is 5.82 Å². The van der Waals surface area contributed by atoms with Crippen molar-refractivity contribution in [2.24, 2.45) is 4.99 Å². The Kier molecular flexibility index (Phi) is 7.78. The van der Waals surface area contributed by atoms with Crippen molar-refractivity contribution >= 4 is 17.7 Å². The summed E-state index contributed by atoms with van der Waals surface area (Å²) in [6, 6.07) is 8.92. The third-order valence-electron chi connectivity index (χ3n) is 3.65. The Bertz CT molecular complexity index is 699. The number of benzene rings is 1. The SMILES string of the molecule is CN=C(NCCCn1nc(C)cc1C)NCCSc1ccccc1F. The van der Waals surface area contributed by atoms with E-state index in [9.17, 15) is 4.39 Å². The van der Waals surface area contributed by atoms with E-state index in [0.717, 1.165) is 43.5 Å². The van der Waals surface area contributed by atoms with Crippen LogP contribution in [-0.2, 0) is 6.54 Å². The van der Waals surface area contributed by atoms with Gasteiger partial charge in [0, 0.05) is 43.0 Å². The fourth-order valence-corrected chi connectivity index (χ4v) is 3.25. The van der Waals surface area contributed by atoms with Gasteiger partial charge in [0.25, 0.3) is 0 Å². The zero-order valence-corrected chi connectivity index (χ0v) is 15.9. The number of nitrogens with one attached hydrogen (secondary N) is 2. The Balaban J connectivity index is 1.62. The predicted octanol–water partition coefficient (Wildman–Crippen LogP) is 2.99. The van der Waals surface area contributed by atoms with Crippen molar-refractivity contribution < 1.29 is 4.39 Å². The molecule has 0 fully saturated rings. The molecule has 1 heterocycles. The highest BCUT2D eigenvalue weighted by Gasteiger charge is 2.03. The van der Waals surface area contributed by atoms with Crippen molar-refractivity contribution in [2.45, 2.75) is 31.7 Å². The lowest BCUT2D eigenvalue weighted by atomic mass is 10.3. The van der Waals surface area contributed by atoms with Crippen LogP contribution in [0.5, 0.6) is 0 Å². The Hall–Kier alpha value is -2.02. The van der Waals surface area contributed by atoms with Crippen molar-refractivity contribution in [3.63, 3.8) is 0 Å². The monoisotopic (exact) mass is 363 g/mol. The molecule has 2 rings (SSSR count). The number of aryl methyl sites for hydroxylation is 3. The first kappa shape index (κ1) is 19.3. The molecule has 1 aromatic carbocycles. The molecule has 0 saturated carbocycles. The summed E-state index contributed by atoms with van der Waals surface area (Å²) in [6.07, 6.45) is 0.965. The van der Waals surface area contributed by atoms with Crippen LogP contribution in [0.1, 0.15) is 17.8 Å². The van der Waals surface area contributed by atoms with Gasteiger partial charge in [0.05, 0.1) is 5.69 Å². The zero-order chi connectivity index (χ0) is 18.1. The lowest BCUT2D eigenvalue weighted by Gasteiger charge is -2.12. The van der Waals surface area contributed by atoms with Crippen LogP contribution in [0.25, 0.3) is 0 Å². The molecule has 7 heteroatoms. The second-order valence-corrected chi connectivity index (χ2v) is 6.85. The molecule has 0 saturated heterocycles. The Morgan fingerprint density at radius 3 is 2.68 bits per heavy atom. The molecule has 136 valence electrons. The number of aliphatic imine (C=N–C) groups is 1. The molecule has 2 N–H and O–H groups in total. The maximum atomic E-state index is 13.5. The maximum absolute atomic E-state index is 13.5. The van der Waals surface area contributed by atoms with Gasteiger partial charge in [0.15, 0.2) is 5.96 Å². The van der Waals surface area contributed by atoms with Gasteiger partial charge in [-0.05, 0) is 38.5 Å². The van der Waals surface area contributed by atoms with E-state index in [1.54, 1.807) is 19.2 Å². The van der Waals surface area contributed by atoms with Crippen molar-refractivity contribution in [1.82, 2.24) is 20.4 Å². The summed E-state index contributed by atoms with van der Waals surface area (Å²) < 4.78 is 15.6. The van der Waals surface area contributed by atoms with Gasteiger partial charge in [-0.2, -0.15) is 5.10 Å². The highest BCUT2D eigenvalue weighted by Crippen LogP contribution is 2.20. The third-order valence-corrected chi connectivity index (χ3v) is 4.71. The predicted molar refractivity (Wildman–Crippen MR) is 103 cm³/mol. The molecule has 0 atom stereocenters. The summed E-state index contributed by atoms with van der Waals surface area (Å²) in [7, 11) is 1.75. The van der Waals surface area contributed by atoms with Crippen LogP contribution in [0.15, 0.2) is 40.2 Å². The number of hydrogen-bond acceptors (Lipinski definition) is 3. The van der Waals surface area contributed by atoms with Crippen molar-refractivity contribution in [3.05, 3.63) is 47.5 Å². The number of guanidine groups is 1. The average molecular weight is 364 g/mol. The lowest BCUT2D eigenvalue weighted by molar-refractivity contribution is 0.555. The molecule has 0 unspecified atom stereocenters. The second-order valence-electron chi connectivity index (χ2n) is 5.71. The Morgan fingerprint density at radius 1 is 1.24 bits per heavy atom. The number of hydrogen-bond donors (Lipinski definition) is 2. The molecule has 0 aliphatic heterocycles. The highest BCUT2D eigenvalue weighted by molar-refractivity contribution is 7.99. The van der Waals surface area contributed by atoms with E-state index in [1.807, 2.05) is 17.7 Å². The molecule has 25 heavy (non-hydrogen) atoms. The summed E-state index contributed by atoms with van der Waals surface area (Å²) in [5.74, 6) is 1.37. The van der Waals surface area contributed by atoms with Crippen LogP contribution in [-0.4, -0.2) is 41.6 Å². The van der Waals surface area contributed by atoms with Crippen molar-refractivity contribution in [2.75, 3.05) is 25.9 Å². The van der Waals surface area contributed by atoms with Crippen LogP contribution in [0.4, 0.5) is 4.39 Å². The topological polar surface area (TPSA) is 54.2 Å². The van der Waals surface area contributed by atoms with Gasteiger partial charge in [0.1, 0.15) is 5.82 Å². The molecule has 0 amide bonds. The van der Waals surface area contributed by atoms with Gasteiger partial charge >= 0.3 is 0 Å². The van der Waals surface area contributed by atoms with Crippen LogP contribution < -0.4 is 10.6 Å². The first-order valence-electron chi connectivity index (χ1n) is 8.43. The van der Waals surface area contributed by atoms with Gasteiger partial charge in [-0.25, -0.2) is 4.39 Å². The minimum atomic E-state index is -0.167. The Labute approximate surface area is 153 Å². The summed E-state index contributed by atoms with van der Waals surface area (Å²) in [6.45, 7) is 6.50. The Morgan fingerprint density at radius 2 is 2.00 bits per heavy atom. The van der Waals surface area contributed by atoms with Gasteiger partial charge in [-0.3, -0.25) is 9.67 Å². The molecule has 0 aliphatic carbocycles. The average Bonchev–Trinajstić information content (AvgIpc) is 2.92. The standard InChI is InChI=1S/C18H26FN5S/c1-14-13-15(2)24(23-14)11-6-9-21-18(20-3)22-10-12-25-17-8-5-4-7-16(17)19/h4-5,7-8,13H,6,9-12H2,1-3H3,(H2,20,21,22). The first-order valence-corrected chi connectivity index (χ1v) is 9.41. The molecular formula is C18H26FN5S. The number of rotatable bonds is 8. The summed E-state index contributed by atoms with van der Waals surface area (Å²) >= 11 is 1.50. The number of halogens is 1. The van der Waals surface area contributed by atoms with Gasteiger partial charge in [0.2, 0.25) is 0 Å². The maximum Gasteiger partial charge on any atom is 0.191 e. The summed E-state index contributed by atoms with van der Waals surface area (Å²) in [5.41, 5.74) is 2.24. The number of aromatic nitrogens is 2. The smallest absolute Gasteiger partial charge is 0.191 e. The summed E-state index contributed by atoms with van der Waals surface area (Å²) in [4.78, 5) is 4.88. The molecule has 5 nitrogen and oxygen atoms in total. The van der Waals surface area contributed by atoms with Crippen LogP contribution in [0.3, 0.4) is 0 Å².